The second-order valence-corrected chi connectivity index (χ2v) is 14.0. The van der Waals surface area contributed by atoms with Crippen LogP contribution in [0.5, 0.6) is 0 Å². The molecule has 0 amide bonds. The van der Waals surface area contributed by atoms with Crippen LogP contribution in [-0.4, -0.2) is 69.6 Å². The van der Waals surface area contributed by atoms with E-state index in [0.29, 0.717) is 29.6 Å². The number of dihydropyridines is 1. The van der Waals surface area contributed by atoms with Crippen LogP contribution in [0.3, 0.4) is 0 Å². The molecule has 1 saturated heterocycles. The minimum absolute atomic E-state index is 0.0944. The number of thioether (sulfide) groups is 1. The van der Waals surface area contributed by atoms with Gasteiger partial charge in [0.15, 0.2) is 0 Å². The van der Waals surface area contributed by atoms with Crippen LogP contribution in [-0.2, 0) is 4.79 Å². The molecule has 0 aromatic heterocycles. The summed E-state index contributed by atoms with van der Waals surface area (Å²) in [6.45, 7) is 7.57. The Balaban J connectivity index is 1.33. The minimum Gasteiger partial charge on any atom is -0.481 e. The Kier molecular flexibility index (Phi) is 10.0. The molecule has 0 bridgehead atoms. The zero-order valence-electron chi connectivity index (χ0n) is 25.9. The molecule has 1 aliphatic carbocycles. The number of carboxylic acid groups (broad SMARTS) is 1. The molecule has 0 radical (unpaired) electrons. The van der Waals surface area contributed by atoms with Gasteiger partial charge < -0.3 is 20.2 Å². The van der Waals surface area contributed by atoms with Gasteiger partial charge >= 0.3 is 5.97 Å². The topological polar surface area (TPSA) is 80.5 Å². The number of carbonyl (C=O) groups is 1. The molecule has 0 spiro atoms. The minimum atomic E-state index is -1.07. The summed E-state index contributed by atoms with van der Waals surface area (Å²) >= 11 is 8.35. The van der Waals surface area contributed by atoms with Gasteiger partial charge in [0.2, 0.25) is 0 Å². The van der Waals surface area contributed by atoms with Crippen LogP contribution >= 0.6 is 23.4 Å². The van der Waals surface area contributed by atoms with Gasteiger partial charge in [-0.05, 0) is 86.4 Å². The molecule has 244 valence electrons. The average molecular weight is 668 g/mol. The molecule has 2 N–H and O–H groups in total. The molecule has 4 heterocycles. The largest absolute Gasteiger partial charge is 0.481 e. The van der Waals surface area contributed by atoms with Crippen molar-refractivity contribution in [2.75, 3.05) is 19.6 Å². The zero-order chi connectivity index (χ0) is 32.4. The van der Waals surface area contributed by atoms with Crippen molar-refractivity contribution in [2.24, 2.45) is 21.8 Å². The molecule has 2 fully saturated rings. The molecule has 7 nitrogen and oxygen atoms in total. The van der Waals surface area contributed by atoms with E-state index in [2.05, 4.69) is 21.7 Å². The lowest BCUT2D eigenvalue weighted by atomic mass is 9.80. The quantitative estimate of drug-likeness (QED) is 0.271. The summed E-state index contributed by atoms with van der Waals surface area (Å²) < 4.78 is 28.0. The van der Waals surface area contributed by atoms with Gasteiger partial charge in [0.1, 0.15) is 29.2 Å². The first-order valence-electron chi connectivity index (χ1n) is 16.0. The summed E-state index contributed by atoms with van der Waals surface area (Å²) in [4.78, 5) is 26.3. The summed E-state index contributed by atoms with van der Waals surface area (Å²) in [5.41, 5.74) is 4.31. The second-order valence-electron chi connectivity index (χ2n) is 12.6. The maximum Gasteiger partial charge on any atom is 0.306 e. The third-order valence-corrected chi connectivity index (χ3v) is 10.8. The number of hydrogen-bond acceptors (Lipinski definition) is 7. The standard InChI is InChI=1S/C35H40ClF2N5O2S/c1-3-42(14-12-22-4-7-24(8-5-22)35(44)45)26-18-30-31(29-11-6-23(19-40-29)16-21(2)37)32(27-10-9-25(38)17-28(27)36)41-33(43(30)20-26)34-39-13-15-46-34/h3,6,9-11,13,15-17,21-22,24,26,32,34,39H,1,4-5,7-8,12,14,18-20H2,2H3,(H,44,45)/t21?,22?,24?,26-,32-,34?/m0/s1. The number of rotatable bonds is 10. The van der Waals surface area contributed by atoms with Crippen LogP contribution in [0.15, 0.2) is 87.6 Å². The fourth-order valence-corrected chi connectivity index (χ4v) is 8.27. The number of fused-ring (bicyclic) bond motifs is 1. The number of allylic oxidation sites excluding steroid dienone is 2. The van der Waals surface area contributed by atoms with Crippen LogP contribution in [0.1, 0.15) is 57.1 Å². The Morgan fingerprint density at radius 3 is 2.74 bits per heavy atom. The van der Waals surface area contributed by atoms with Crippen molar-refractivity contribution in [2.45, 2.75) is 69.1 Å². The molecule has 1 aromatic carbocycles. The van der Waals surface area contributed by atoms with Gasteiger partial charge in [0.05, 0.1) is 24.2 Å². The lowest BCUT2D eigenvalue weighted by molar-refractivity contribution is -0.143. The van der Waals surface area contributed by atoms with Gasteiger partial charge in [-0.25, -0.2) is 8.78 Å². The highest BCUT2D eigenvalue weighted by molar-refractivity contribution is 8.03. The van der Waals surface area contributed by atoms with E-state index in [1.807, 2.05) is 30.0 Å². The summed E-state index contributed by atoms with van der Waals surface area (Å²) in [5.74, 6) is 0.0709. The first-order chi connectivity index (χ1) is 22.2. The Bertz CT molecular complexity index is 1540. The van der Waals surface area contributed by atoms with E-state index in [4.69, 9.17) is 21.6 Å². The van der Waals surface area contributed by atoms with Crippen molar-refractivity contribution in [3.8, 4) is 0 Å². The third-order valence-electron chi connectivity index (χ3n) is 9.59. The SMILES string of the molecule is C=CN(CCC1CCC(C(=O)O)CC1)[C@H]1CC2=C(C3=NCC(=CC(C)F)C=C3)[C@H](c3ccc(F)cc3Cl)N=C(C3NC=CS3)N2C1. The van der Waals surface area contributed by atoms with Crippen LogP contribution in [0.4, 0.5) is 8.78 Å². The number of benzene rings is 1. The van der Waals surface area contributed by atoms with Crippen molar-refractivity contribution in [3.63, 3.8) is 0 Å². The van der Waals surface area contributed by atoms with E-state index in [1.165, 1.54) is 19.1 Å². The monoisotopic (exact) mass is 667 g/mol. The van der Waals surface area contributed by atoms with E-state index >= 15 is 0 Å². The smallest absolute Gasteiger partial charge is 0.306 e. The maximum absolute atomic E-state index is 14.2. The van der Waals surface area contributed by atoms with Crippen molar-refractivity contribution >= 4 is 40.9 Å². The first kappa shape index (κ1) is 32.6. The number of aliphatic imine (C=N–C) groups is 2. The van der Waals surface area contributed by atoms with Crippen molar-refractivity contribution in [1.29, 1.82) is 0 Å². The third kappa shape index (κ3) is 6.98. The van der Waals surface area contributed by atoms with E-state index in [-0.39, 0.29) is 17.3 Å². The zero-order valence-corrected chi connectivity index (χ0v) is 27.5. The number of hydrogen-bond donors (Lipinski definition) is 2. The van der Waals surface area contributed by atoms with Gasteiger partial charge in [0, 0.05) is 47.6 Å². The highest BCUT2D eigenvalue weighted by Crippen LogP contribution is 2.45. The molecular formula is C35H40ClF2N5O2S. The number of alkyl halides is 1. The highest BCUT2D eigenvalue weighted by atomic mass is 35.5. The molecule has 4 aliphatic heterocycles. The van der Waals surface area contributed by atoms with Crippen LogP contribution in [0.25, 0.3) is 0 Å². The van der Waals surface area contributed by atoms with E-state index in [0.717, 1.165) is 73.5 Å². The van der Waals surface area contributed by atoms with E-state index in [1.54, 1.807) is 23.9 Å². The fraction of sp³-hybridized carbons (Fsp3) is 0.457. The maximum atomic E-state index is 14.2. The van der Waals surface area contributed by atoms with Crippen LogP contribution in [0.2, 0.25) is 5.02 Å². The van der Waals surface area contributed by atoms with E-state index in [9.17, 15) is 18.7 Å². The van der Waals surface area contributed by atoms with Crippen molar-refractivity contribution < 1.29 is 18.7 Å². The predicted molar refractivity (Wildman–Crippen MR) is 182 cm³/mol. The fourth-order valence-electron chi connectivity index (χ4n) is 7.22. The molecular weight excluding hydrogens is 628 g/mol. The lowest BCUT2D eigenvalue weighted by Gasteiger charge is -2.36. The summed E-state index contributed by atoms with van der Waals surface area (Å²) in [6, 6.07) is 4.07. The molecule has 1 aromatic rings. The number of nitrogens with zero attached hydrogens (tertiary/aromatic N) is 4. The molecule has 4 atom stereocenters. The molecule has 2 unspecified atom stereocenters. The summed E-state index contributed by atoms with van der Waals surface area (Å²) in [7, 11) is 0. The Morgan fingerprint density at radius 1 is 1.30 bits per heavy atom. The molecule has 5 aliphatic rings. The number of carboxylic acids is 1. The van der Waals surface area contributed by atoms with Crippen LogP contribution in [0, 0.1) is 17.7 Å². The normalized spacial score (nSPS) is 28.9. The second kappa shape index (κ2) is 14.2. The number of halogens is 3. The van der Waals surface area contributed by atoms with Gasteiger partial charge in [0.25, 0.3) is 0 Å². The highest BCUT2D eigenvalue weighted by Gasteiger charge is 2.43. The Hall–Kier alpha value is -3.37. The Labute approximate surface area is 278 Å². The Morgan fingerprint density at radius 2 is 2.11 bits per heavy atom. The van der Waals surface area contributed by atoms with Crippen LogP contribution < -0.4 is 5.32 Å². The average Bonchev–Trinajstić information content (AvgIpc) is 3.73. The molecule has 46 heavy (non-hydrogen) atoms. The lowest BCUT2D eigenvalue weighted by Crippen LogP contribution is -2.45. The molecule has 1 saturated carbocycles. The molecule has 11 heteroatoms. The number of nitrogens with one attached hydrogen (secondary N) is 1. The van der Waals surface area contributed by atoms with E-state index < -0.39 is 24.0 Å². The van der Waals surface area contributed by atoms with Gasteiger partial charge in [-0.2, -0.15) is 0 Å². The summed E-state index contributed by atoms with van der Waals surface area (Å²) in [5, 5.41) is 15.1. The predicted octanol–water partition coefficient (Wildman–Crippen LogP) is 7.42. The number of aliphatic carboxylic acids is 1. The first-order valence-corrected chi connectivity index (χ1v) is 17.3. The van der Waals surface area contributed by atoms with Crippen molar-refractivity contribution in [1.82, 2.24) is 15.1 Å². The van der Waals surface area contributed by atoms with Gasteiger partial charge in [-0.1, -0.05) is 42.1 Å². The van der Waals surface area contributed by atoms with Gasteiger partial charge in [-0.3, -0.25) is 14.8 Å². The molecule has 6 rings (SSSR count). The van der Waals surface area contributed by atoms with Crippen molar-refractivity contribution in [3.05, 3.63) is 94.1 Å². The summed E-state index contributed by atoms with van der Waals surface area (Å²) in [6.07, 6.45) is 13.3. The van der Waals surface area contributed by atoms with Gasteiger partial charge in [-0.15, -0.1) is 0 Å². The number of amidine groups is 1.